The van der Waals surface area contributed by atoms with Gasteiger partial charge in [0.25, 0.3) is 0 Å². The molecule has 1 aromatic carbocycles. The minimum atomic E-state index is 0.510. The molecule has 21 heavy (non-hydrogen) atoms. The lowest BCUT2D eigenvalue weighted by Gasteiger charge is -2.13. The lowest BCUT2D eigenvalue weighted by atomic mass is 10.1. The van der Waals surface area contributed by atoms with Gasteiger partial charge in [0.1, 0.15) is 16.9 Å². The van der Waals surface area contributed by atoms with Crippen molar-refractivity contribution in [3.05, 3.63) is 51.9 Å². The van der Waals surface area contributed by atoms with Crippen molar-refractivity contribution < 1.29 is 4.74 Å². The van der Waals surface area contributed by atoms with Gasteiger partial charge >= 0.3 is 0 Å². The fourth-order valence-corrected chi connectivity index (χ4v) is 3.41. The van der Waals surface area contributed by atoms with Crippen molar-refractivity contribution in [1.82, 2.24) is 9.97 Å². The first kappa shape index (κ1) is 16.7. The van der Waals surface area contributed by atoms with Gasteiger partial charge in [-0.1, -0.05) is 66.8 Å². The lowest BCUT2D eigenvalue weighted by molar-refractivity contribution is 0.286. The largest absolute Gasteiger partial charge is 0.471 e. The van der Waals surface area contributed by atoms with Gasteiger partial charge < -0.3 is 4.74 Å². The van der Waals surface area contributed by atoms with Gasteiger partial charge in [-0.3, -0.25) is 0 Å². The van der Waals surface area contributed by atoms with Crippen LogP contribution in [0.15, 0.2) is 34.9 Å². The van der Waals surface area contributed by atoms with Crippen molar-refractivity contribution in [3.63, 3.8) is 0 Å². The number of alkyl halides is 1. The molecule has 1 aromatic heterocycles. The average molecular weight is 461 g/mol. The monoisotopic (exact) mass is 460 g/mol. The van der Waals surface area contributed by atoms with E-state index in [2.05, 4.69) is 62.3 Å². The summed E-state index contributed by atoms with van der Waals surface area (Å²) in [6.45, 7) is 4.86. The van der Waals surface area contributed by atoms with Crippen molar-refractivity contribution >= 4 is 38.5 Å². The number of hydrogen-bond acceptors (Lipinski definition) is 3. The van der Waals surface area contributed by atoms with Crippen LogP contribution in [0.4, 0.5) is 0 Å². The van der Waals surface area contributed by atoms with Gasteiger partial charge in [0.15, 0.2) is 0 Å². The Morgan fingerprint density at radius 1 is 1.14 bits per heavy atom. The van der Waals surface area contributed by atoms with E-state index in [1.54, 1.807) is 0 Å². The highest BCUT2D eigenvalue weighted by Gasteiger charge is 2.14. The van der Waals surface area contributed by atoms with Gasteiger partial charge in [-0.15, -0.1) is 0 Å². The van der Waals surface area contributed by atoms with Crippen molar-refractivity contribution in [1.29, 1.82) is 0 Å². The van der Waals surface area contributed by atoms with Crippen LogP contribution >= 0.6 is 38.5 Å². The second kappa shape index (κ2) is 8.08. The highest BCUT2D eigenvalue weighted by molar-refractivity contribution is 14.1. The maximum absolute atomic E-state index is 5.92. The normalized spacial score (nSPS) is 10.9. The molecular formula is C16H18BrIN2O. The second-order valence-corrected chi connectivity index (χ2v) is 6.73. The zero-order chi connectivity index (χ0) is 15.2. The van der Waals surface area contributed by atoms with Crippen molar-refractivity contribution in [2.75, 3.05) is 0 Å². The maximum Gasteiger partial charge on any atom is 0.236 e. The maximum atomic E-state index is 5.92. The SMILES string of the molecule is CC(C)Cc1nc(Br)c(CI)nc1OCc1ccccc1. The molecular weight excluding hydrogens is 443 g/mol. The second-order valence-electron chi connectivity index (χ2n) is 5.22. The average Bonchev–Trinajstić information content (AvgIpc) is 2.47. The van der Waals surface area contributed by atoms with Crippen molar-refractivity contribution in [2.45, 2.75) is 31.3 Å². The summed E-state index contributed by atoms with van der Waals surface area (Å²) in [6.07, 6.45) is 0.858. The van der Waals surface area contributed by atoms with Crippen molar-refractivity contribution in [2.24, 2.45) is 5.92 Å². The Bertz CT molecular complexity index is 590. The number of nitrogens with zero attached hydrogens (tertiary/aromatic N) is 2. The van der Waals surface area contributed by atoms with E-state index in [1.807, 2.05) is 30.3 Å². The van der Waals surface area contributed by atoms with Gasteiger partial charge in [-0.25, -0.2) is 9.97 Å². The molecule has 0 aliphatic heterocycles. The number of halogens is 2. The summed E-state index contributed by atoms with van der Waals surface area (Å²) < 4.78 is 7.54. The molecule has 0 atom stereocenters. The molecule has 3 nitrogen and oxygen atoms in total. The molecule has 1 heterocycles. The molecule has 0 fully saturated rings. The summed E-state index contributed by atoms with van der Waals surface area (Å²) in [7, 11) is 0. The number of benzene rings is 1. The Balaban J connectivity index is 2.22. The predicted octanol–water partition coefficient (Wildman–Crippen LogP) is 4.95. The van der Waals surface area contributed by atoms with E-state index in [-0.39, 0.29) is 0 Å². The van der Waals surface area contributed by atoms with Crippen LogP contribution in [0.25, 0.3) is 0 Å². The fourth-order valence-electron chi connectivity index (χ4n) is 1.91. The Morgan fingerprint density at radius 3 is 2.48 bits per heavy atom. The number of aromatic nitrogens is 2. The van der Waals surface area contributed by atoms with E-state index in [0.29, 0.717) is 18.4 Å². The van der Waals surface area contributed by atoms with E-state index in [0.717, 1.165) is 32.4 Å². The predicted molar refractivity (Wildman–Crippen MR) is 96.8 cm³/mol. The minimum absolute atomic E-state index is 0.510. The molecule has 2 rings (SSSR count). The molecule has 2 aromatic rings. The minimum Gasteiger partial charge on any atom is -0.471 e. The van der Waals surface area contributed by atoms with E-state index in [4.69, 9.17) is 4.74 Å². The first-order chi connectivity index (χ1) is 10.1. The fraction of sp³-hybridized carbons (Fsp3) is 0.375. The summed E-state index contributed by atoms with van der Waals surface area (Å²) in [5.41, 5.74) is 2.97. The van der Waals surface area contributed by atoms with Gasteiger partial charge in [0, 0.05) is 4.43 Å². The third-order valence-corrected chi connectivity index (χ3v) is 4.26. The van der Waals surface area contributed by atoms with Crippen LogP contribution in [0.3, 0.4) is 0 Å². The summed E-state index contributed by atoms with van der Waals surface area (Å²) in [5.74, 6) is 1.16. The summed E-state index contributed by atoms with van der Waals surface area (Å²) in [6, 6.07) is 10.1. The molecule has 0 saturated heterocycles. The summed E-state index contributed by atoms with van der Waals surface area (Å²) >= 11 is 5.78. The number of ether oxygens (including phenoxy) is 1. The van der Waals surface area contributed by atoms with Crippen LogP contribution < -0.4 is 4.74 Å². The smallest absolute Gasteiger partial charge is 0.236 e. The van der Waals surface area contributed by atoms with Gasteiger partial charge in [-0.05, 0) is 33.8 Å². The first-order valence-corrected chi connectivity index (χ1v) is 9.20. The van der Waals surface area contributed by atoms with Gasteiger partial charge in [0.05, 0.1) is 5.69 Å². The zero-order valence-corrected chi connectivity index (χ0v) is 15.9. The van der Waals surface area contributed by atoms with E-state index in [9.17, 15) is 0 Å². The third-order valence-electron chi connectivity index (χ3n) is 2.90. The highest BCUT2D eigenvalue weighted by atomic mass is 127. The van der Waals surface area contributed by atoms with Crippen LogP contribution in [0.1, 0.15) is 30.8 Å². The molecule has 5 heteroatoms. The quantitative estimate of drug-likeness (QED) is 0.451. The van der Waals surface area contributed by atoms with Gasteiger partial charge in [0.2, 0.25) is 5.88 Å². The lowest BCUT2D eigenvalue weighted by Crippen LogP contribution is -2.08. The topological polar surface area (TPSA) is 35.0 Å². The van der Waals surface area contributed by atoms with E-state index >= 15 is 0 Å². The Morgan fingerprint density at radius 2 is 1.86 bits per heavy atom. The Hall–Kier alpha value is -0.690. The first-order valence-electron chi connectivity index (χ1n) is 6.88. The molecule has 0 N–H and O–H groups in total. The molecule has 0 radical (unpaired) electrons. The van der Waals surface area contributed by atoms with Gasteiger partial charge in [-0.2, -0.15) is 0 Å². The Kier molecular flexibility index (Phi) is 6.41. The molecule has 0 unspecified atom stereocenters. The van der Waals surface area contributed by atoms with Crippen LogP contribution in [0.5, 0.6) is 5.88 Å². The molecule has 0 aliphatic carbocycles. The summed E-state index contributed by atoms with van der Waals surface area (Å²) in [4.78, 5) is 9.24. The van der Waals surface area contributed by atoms with Crippen molar-refractivity contribution in [3.8, 4) is 5.88 Å². The molecule has 0 spiro atoms. The number of rotatable bonds is 6. The molecule has 0 amide bonds. The highest BCUT2D eigenvalue weighted by Crippen LogP contribution is 2.25. The molecule has 112 valence electrons. The van der Waals surface area contributed by atoms with Crippen LogP contribution in [0.2, 0.25) is 0 Å². The molecule has 0 aliphatic rings. The van der Waals surface area contributed by atoms with E-state index in [1.165, 1.54) is 0 Å². The van der Waals surface area contributed by atoms with E-state index < -0.39 is 0 Å². The van der Waals surface area contributed by atoms with Crippen LogP contribution in [-0.4, -0.2) is 9.97 Å². The zero-order valence-electron chi connectivity index (χ0n) is 12.1. The third kappa shape index (κ3) is 4.92. The Labute approximate surface area is 147 Å². The van der Waals surface area contributed by atoms with Crippen LogP contribution in [0, 0.1) is 5.92 Å². The molecule has 0 bridgehead atoms. The molecule has 0 saturated carbocycles. The number of hydrogen-bond donors (Lipinski definition) is 0. The van der Waals surface area contributed by atoms with Crippen LogP contribution in [-0.2, 0) is 17.5 Å². The summed E-state index contributed by atoms with van der Waals surface area (Å²) in [5, 5.41) is 0. The standard InChI is InChI=1S/C16H18BrIN2O/c1-11(2)8-13-16(20-14(9-18)15(17)19-13)21-10-12-6-4-3-5-7-12/h3-7,11H,8-10H2,1-2H3.